The summed E-state index contributed by atoms with van der Waals surface area (Å²) in [6, 6.07) is 16.3. The van der Waals surface area contributed by atoms with E-state index in [0.717, 1.165) is 0 Å². The molecule has 0 bridgehead atoms. The first-order valence-corrected chi connectivity index (χ1v) is 11.5. The zero-order valence-corrected chi connectivity index (χ0v) is 19.8. The summed E-state index contributed by atoms with van der Waals surface area (Å²) < 4.78 is 22.5. The molecule has 0 aliphatic carbocycles. The third-order valence-corrected chi connectivity index (χ3v) is 6.09. The number of methoxy groups -OCH3 is 1. The first kappa shape index (κ1) is 26.0. The van der Waals surface area contributed by atoms with Crippen molar-refractivity contribution in [2.75, 3.05) is 13.7 Å². The summed E-state index contributed by atoms with van der Waals surface area (Å²) in [5.74, 6) is -1.27. The van der Waals surface area contributed by atoms with Gasteiger partial charge in [0.05, 0.1) is 12.2 Å². The van der Waals surface area contributed by atoms with E-state index < -0.39 is 54.9 Å². The fraction of sp³-hybridized carbons (Fsp3) is 0.385. The molecule has 0 aromatic heterocycles. The second-order valence-electron chi connectivity index (χ2n) is 8.59. The second-order valence-corrected chi connectivity index (χ2v) is 8.59. The highest BCUT2D eigenvalue weighted by Crippen LogP contribution is 2.40. The first-order chi connectivity index (χ1) is 17.3. The van der Waals surface area contributed by atoms with Gasteiger partial charge in [-0.1, -0.05) is 60.7 Å². The molecular weight excluding hydrogens is 470 g/mol. The van der Waals surface area contributed by atoms with Gasteiger partial charge in [-0.2, -0.15) is 0 Å². The standard InChI is InChI=1S/C26H29NO9/c1-14(28)27-20-23(31)22(30)17(13-33-2)34-26(20)36-25-18(15-9-5-3-6-10-15)19(24(32)35-25)21(29)16-11-7-4-8-12-16/h3-12,17,20-23,25-26,29-31H,13H2,1-2H3,(H,27,28)/t17-,20+,21+,22+,23-,25-,26+/m0/s1. The average Bonchev–Trinajstić information content (AvgIpc) is 3.20. The molecule has 7 atom stereocenters. The van der Waals surface area contributed by atoms with Gasteiger partial charge in [0.1, 0.15) is 30.5 Å². The number of aliphatic hydroxyl groups is 3. The molecule has 192 valence electrons. The van der Waals surface area contributed by atoms with Crippen LogP contribution < -0.4 is 5.32 Å². The van der Waals surface area contributed by atoms with Crippen LogP contribution in [0, 0.1) is 0 Å². The predicted octanol–water partition coefficient (Wildman–Crippen LogP) is 0.671. The van der Waals surface area contributed by atoms with Gasteiger partial charge in [0, 0.05) is 19.6 Å². The summed E-state index contributed by atoms with van der Waals surface area (Å²) >= 11 is 0. The zero-order valence-electron chi connectivity index (χ0n) is 19.8. The summed E-state index contributed by atoms with van der Waals surface area (Å²) in [4.78, 5) is 24.9. The number of nitrogens with one attached hydrogen (secondary N) is 1. The van der Waals surface area contributed by atoms with Gasteiger partial charge in [-0.15, -0.1) is 0 Å². The highest BCUT2D eigenvalue weighted by atomic mass is 16.8. The van der Waals surface area contributed by atoms with Crippen LogP contribution in [0.25, 0.3) is 5.57 Å². The number of esters is 1. The Morgan fingerprint density at radius 1 is 1.06 bits per heavy atom. The zero-order chi connectivity index (χ0) is 25.8. The van der Waals surface area contributed by atoms with Crippen LogP contribution in [0.1, 0.15) is 24.2 Å². The number of ether oxygens (including phenoxy) is 4. The Balaban J connectivity index is 1.72. The molecule has 0 radical (unpaired) electrons. The lowest BCUT2D eigenvalue weighted by molar-refractivity contribution is -0.297. The van der Waals surface area contributed by atoms with Crippen LogP contribution in [-0.2, 0) is 28.5 Å². The Kier molecular flexibility index (Phi) is 8.14. The van der Waals surface area contributed by atoms with E-state index in [9.17, 15) is 24.9 Å². The van der Waals surface area contributed by atoms with E-state index in [-0.39, 0.29) is 17.8 Å². The Labute approximate surface area is 208 Å². The van der Waals surface area contributed by atoms with Crippen molar-refractivity contribution in [2.45, 2.75) is 50.0 Å². The minimum atomic E-state index is -1.46. The van der Waals surface area contributed by atoms with Gasteiger partial charge in [0.2, 0.25) is 12.2 Å². The largest absolute Gasteiger partial charge is 0.428 e. The lowest BCUT2D eigenvalue weighted by Gasteiger charge is -2.43. The molecule has 36 heavy (non-hydrogen) atoms. The maximum atomic E-state index is 13.0. The smallest absolute Gasteiger partial charge is 0.340 e. The number of hydrogen-bond acceptors (Lipinski definition) is 9. The molecule has 2 aromatic rings. The van der Waals surface area contributed by atoms with E-state index in [1.165, 1.54) is 14.0 Å². The number of amides is 1. The van der Waals surface area contributed by atoms with Crippen molar-refractivity contribution >= 4 is 17.4 Å². The van der Waals surface area contributed by atoms with Gasteiger partial charge in [0.25, 0.3) is 0 Å². The molecule has 2 aliphatic rings. The Morgan fingerprint density at radius 2 is 1.69 bits per heavy atom. The number of benzene rings is 2. The van der Waals surface area contributed by atoms with Gasteiger partial charge in [0.15, 0.2) is 6.29 Å². The molecular formula is C26H29NO9. The number of cyclic esters (lactones) is 1. The third-order valence-electron chi connectivity index (χ3n) is 6.09. The average molecular weight is 500 g/mol. The molecule has 2 aliphatic heterocycles. The maximum Gasteiger partial charge on any atom is 0.340 e. The van der Waals surface area contributed by atoms with Gasteiger partial charge >= 0.3 is 5.97 Å². The summed E-state index contributed by atoms with van der Waals surface area (Å²) in [6.07, 6.45) is -7.75. The Bertz CT molecular complexity index is 1090. The number of hydrogen-bond donors (Lipinski definition) is 4. The van der Waals surface area contributed by atoms with Crippen molar-refractivity contribution in [1.29, 1.82) is 0 Å². The number of rotatable bonds is 8. The van der Waals surface area contributed by atoms with E-state index in [2.05, 4.69) is 5.32 Å². The number of aliphatic hydroxyl groups excluding tert-OH is 3. The van der Waals surface area contributed by atoms with E-state index in [0.29, 0.717) is 11.1 Å². The molecule has 10 heteroatoms. The van der Waals surface area contributed by atoms with Gasteiger partial charge in [-0.3, -0.25) is 4.79 Å². The van der Waals surface area contributed by atoms with Crippen LogP contribution in [0.3, 0.4) is 0 Å². The number of carbonyl (C=O) groups excluding carboxylic acids is 2. The van der Waals surface area contributed by atoms with Gasteiger partial charge < -0.3 is 39.6 Å². The van der Waals surface area contributed by atoms with Crippen LogP contribution in [0.15, 0.2) is 66.2 Å². The van der Waals surface area contributed by atoms with Gasteiger partial charge in [-0.05, 0) is 11.1 Å². The molecule has 0 spiro atoms. The molecule has 2 aromatic carbocycles. The molecule has 0 unspecified atom stereocenters. The monoisotopic (exact) mass is 499 g/mol. The van der Waals surface area contributed by atoms with Gasteiger partial charge in [-0.25, -0.2) is 4.79 Å². The SMILES string of the molecule is COC[C@@H]1O[C@H](O[C@@H]2OC(=O)C([C@H](O)c3ccccc3)=C2c2ccccc2)[C@H](NC(C)=O)[C@H](O)[C@@H]1O. The van der Waals surface area contributed by atoms with Crippen molar-refractivity contribution in [1.82, 2.24) is 5.32 Å². The van der Waals surface area contributed by atoms with Crippen LogP contribution in [0.4, 0.5) is 0 Å². The lowest BCUT2D eigenvalue weighted by atomic mass is 9.93. The van der Waals surface area contributed by atoms with E-state index in [4.69, 9.17) is 18.9 Å². The fourth-order valence-corrected chi connectivity index (χ4v) is 4.38. The van der Waals surface area contributed by atoms with Crippen molar-refractivity contribution < 1.29 is 43.9 Å². The van der Waals surface area contributed by atoms with E-state index in [1.807, 2.05) is 0 Å². The van der Waals surface area contributed by atoms with E-state index >= 15 is 0 Å². The molecule has 4 rings (SSSR count). The molecule has 0 saturated carbocycles. The van der Waals surface area contributed by atoms with Crippen LogP contribution in [-0.4, -0.2) is 77.8 Å². The van der Waals surface area contributed by atoms with Crippen molar-refractivity contribution in [2.24, 2.45) is 0 Å². The normalized spacial score (nSPS) is 29.1. The summed E-state index contributed by atoms with van der Waals surface area (Å²) in [6.45, 7) is 1.19. The Morgan fingerprint density at radius 3 is 2.31 bits per heavy atom. The summed E-state index contributed by atoms with van der Waals surface area (Å²) in [5, 5.41) is 34.8. The summed E-state index contributed by atoms with van der Waals surface area (Å²) in [7, 11) is 1.41. The van der Waals surface area contributed by atoms with Crippen molar-refractivity contribution in [3.8, 4) is 0 Å². The highest BCUT2D eigenvalue weighted by Gasteiger charge is 2.49. The highest BCUT2D eigenvalue weighted by molar-refractivity contribution is 6.03. The van der Waals surface area contributed by atoms with Crippen LogP contribution in [0.5, 0.6) is 0 Å². The maximum absolute atomic E-state index is 13.0. The molecule has 10 nitrogen and oxygen atoms in total. The molecule has 2 heterocycles. The molecule has 1 saturated heterocycles. The minimum absolute atomic E-state index is 0.00156. The van der Waals surface area contributed by atoms with Crippen LogP contribution in [0.2, 0.25) is 0 Å². The predicted molar refractivity (Wildman–Crippen MR) is 126 cm³/mol. The third kappa shape index (κ3) is 5.34. The van der Waals surface area contributed by atoms with E-state index in [1.54, 1.807) is 60.7 Å². The quantitative estimate of drug-likeness (QED) is 0.385. The Hall–Kier alpha value is -3.12. The lowest BCUT2D eigenvalue weighted by Crippen LogP contribution is -2.65. The topological polar surface area (TPSA) is 144 Å². The second kappa shape index (κ2) is 11.3. The molecule has 1 amide bonds. The first-order valence-electron chi connectivity index (χ1n) is 11.5. The van der Waals surface area contributed by atoms with Crippen molar-refractivity contribution in [3.63, 3.8) is 0 Å². The van der Waals surface area contributed by atoms with Crippen molar-refractivity contribution in [3.05, 3.63) is 77.4 Å². The molecule has 1 fully saturated rings. The fourth-order valence-electron chi connectivity index (χ4n) is 4.38. The number of carbonyl (C=O) groups is 2. The van der Waals surface area contributed by atoms with Crippen LogP contribution >= 0.6 is 0 Å². The summed E-state index contributed by atoms with van der Waals surface area (Å²) in [5.41, 5.74) is 1.34. The molecule has 4 N–H and O–H groups in total. The minimum Gasteiger partial charge on any atom is -0.428 e.